The second kappa shape index (κ2) is 3.49. The minimum Gasteiger partial charge on any atom is -0.298 e. The molecular formula is C9H10OS. The lowest BCUT2D eigenvalue weighted by Gasteiger charge is -2.05. The summed E-state index contributed by atoms with van der Waals surface area (Å²) in [6.45, 7) is 5.66. The van der Waals surface area contributed by atoms with Crippen molar-refractivity contribution < 1.29 is 4.79 Å². The molecule has 1 heterocycles. The number of hydrogen-bond acceptors (Lipinski definition) is 2. The van der Waals surface area contributed by atoms with Gasteiger partial charge in [0.25, 0.3) is 0 Å². The van der Waals surface area contributed by atoms with E-state index in [1.54, 1.807) is 11.3 Å². The minimum atomic E-state index is 0.174. The van der Waals surface area contributed by atoms with Crippen LogP contribution < -0.4 is 0 Å². The van der Waals surface area contributed by atoms with Crippen molar-refractivity contribution in [2.75, 3.05) is 0 Å². The second-order valence-electron chi connectivity index (χ2n) is 2.43. The molecule has 0 aliphatic carbocycles. The van der Waals surface area contributed by atoms with Crippen LogP contribution in [0.15, 0.2) is 29.7 Å². The van der Waals surface area contributed by atoms with Crippen molar-refractivity contribution in [2.24, 2.45) is 0 Å². The van der Waals surface area contributed by atoms with E-state index in [4.69, 9.17) is 0 Å². The predicted octanol–water partition coefficient (Wildman–Crippen LogP) is 2.61. The Kier molecular flexibility index (Phi) is 2.60. The number of aldehydes is 1. The van der Waals surface area contributed by atoms with E-state index in [2.05, 4.69) is 6.58 Å². The third kappa shape index (κ3) is 1.77. The first-order valence-corrected chi connectivity index (χ1v) is 4.31. The van der Waals surface area contributed by atoms with E-state index in [0.717, 1.165) is 6.29 Å². The van der Waals surface area contributed by atoms with Crippen molar-refractivity contribution in [3.8, 4) is 0 Å². The zero-order valence-electron chi connectivity index (χ0n) is 6.41. The van der Waals surface area contributed by atoms with Gasteiger partial charge >= 0.3 is 0 Å². The molecule has 0 saturated carbocycles. The third-order valence-corrected chi connectivity index (χ3v) is 2.73. The maximum absolute atomic E-state index is 10.3. The Morgan fingerprint density at radius 1 is 1.82 bits per heavy atom. The van der Waals surface area contributed by atoms with Crippen LogP contribution in [0.5, 0.6) is 0 Å². The molecule has 1 atom stereocenters. The van der Waals surface area contributed by atoms with E-state index >= 15 is 0 Å². The summed E-state index contributed by atoms with van der Waals surface area (Å²) in [7, 11) is 0. The lowest BCUT2D eigenvalue weighted by atomic mass is 10.0. The Morgan fingerprint density at radius 2 is 2.55 bits per heavy atom. The van der Waals surface area contributed by atoms with Gasteiger partial charge < -0.3 is 0 Å². The average Bonchev–Trinajstić information content (AvgIpc) is 2.53. The lowest BCUT2D eigenvalue weighted by molar-refractivity contribution is -0.105. The van der Waals surface area contributed by atoms with Crippen LogP contribution in [-0.4, -0.2) is 6.29 Å². The molecule has 1 aromatic heterocycles. The molecule has 0 aromatic carbocycles. The SMILES string of the molecule is C=C(C=O)C(C)c1cccs1. The molecule has 1 rings (SSSR count). The van der Waals surface area contributed by atoms with Crippen molar-refractivity contribution in [3.05, 3.63) is 34.5 Å². The van der Waals surface area contributed by atoms with Crippen molar-refractivity contribution in [1.82, 2.24) is 0 Å². The van der Waals surface area contributed by atoms with Gasteiger partial charge in [-0.25, -0.2) is 0 Å². The molecule has 0 radical (unpaired) electrons. The molecule has 0 N–H and O–H groups in total. The van der Waals surface area contributed by atoms with E-state index in [9.17, 15) is 4.79 Å². The molecule has 11 heavy (non-hydrogen) atoms. The first kappa shape index (κ1) is 8.21. The van der Waals surface area contributed by atoms with Gasteiger partial charge in [-0.3, -0.25) is 4.79 Å². The molecule has 2 heteroatoms. The third-order valence-electron chi connectivity index (χ3n) is 1.68. The van der Waals surface area contributed by atoms with Gasteiger partial charge in [0.2, 0.25) is 0 Å². The van der Waals surface area contributed by atoms with Gasteiger partial charge in [0.1, 0.15) is 6.29 Å². The largest absolute Gasteiger partial charge is 0.298 e. The fourth-order valence-electron chi connectivity index (χ4n) is 0.822. The van der Waals surface area contributed by atoms with Crippen molar-refractivity contribution in [3.63, 3.8) is 0 Å². The first-order valence-electron chi connectivity index (χ1n) is 3.43. The summed E-state index contributed by atoms with van der Waals surface area (Å²) in [5, 5.41) is 2.00. The lowest BCUT2D eigenvalue weighted by Crippen LogP contribution is -1.94. The van der Waals surface area contributed by atoms with Crippen LogP contribution in [0.4, 0.5) is 0 Å². The van der Waals surface area contributed by atoms with Crippen LogP contribution in [0.1, 0.15) is 17.7 Å². The molecule has 0 amide bonds. The molecule has 0 saturated heterocycles. The van der Waals surface area contributed by atoms with Crippen LogP contribution >= 0.6 is 11.3 Å². The predicted molar refractivity (Wildman–Crippen MR) is 47.9 cm³/mol. The van der Waals surface area contributed by atoms with Crippen LogP contribution in [0, 0.1) is 0 Å². The van der Waals surface area contributed by atoms with Crippen molar-refractivity contribution in [2.45, 2.75) is 12.8 Å². The monoisotopic (exact) mass is 166 g/mol. The van der Waals surface area contributed by atoms with Gasteiger partial charge in [-0.05, 0) is 17.0 Å². The number of hydrogen-bond donors (Lipinski definition) is 0. The number of thiophene rings is 1. The average molecular weight is 166 g/mol. The molecule has 0 aliphatic rings. The Hall–Kier alpha value is -0.890. The molecule has 0 spiro atoms. The van der Waals surface area contributed by atoms with E-state index in [1.807, 2.05) is 24.4 Å². The zero-order valence-corrected chi connectivity index (χ0v) is 7.23. The molecule has 0 bridgehead atoms. The summed E-state index contributed by atoms with van der Waals surface area (Å²) < 4.78 is 0. The van der Waals surface area contributed by atoms with Gasteiger partial charge in [0, 0.05) is 10.8 Å². The highest BCUT2D eigenvalue weighted by Crippen LogP contribution is 2.25. The minimum absolute atomic E-state index is 0.174. The number of carbonyl (C=O) groups is 1. The number of allylic oxidation sites excluding steroid dienone is 1. The number of carbonyl (C=O) groups excluding carboxylic acids is 1. The Balaban J connectivity index is 2.77. The quantitative estimate of drug-likeness (QED) is 0.498. The number of rotatable bonds is 3. The van der Waals surface area contributed by atoms with E-state index < -0.39 is 0 Å². The Labute approximate surface area is 70.4 Å². The standard InChI is InChI=1S/C9H10OS/c1-7(6-10)8(2)9-4-3-5-11-9/h3-6,8H,1H2,2H3. The van der Waals surface area contributed by atoms with Gasteiger partial charge in [0.15, 0.2) is 0 Å². The fourth-order valence-corrected chi connectivity index (χ4v) is 1.65. The van der Waals surface area contributed by atoms with Gasteiger partial charge in [-0.1, -0.05) is 19.6 Å². The Bertz CT molecular complexity index is 249. The van der Waals surface area contributed by atoms with Crippen LogP contribution in [0.2, 0.25) is 0 Å². The molecule has 1 nitrogen and oxygen atoms in total. The summed E-state index contributed by atoms with van der Waals surface area (Å²) in [5.41, 5.74) is 0.646. The topological polar surface area (TPSA) is 17.1 Å². The van der Waals surface area contributed by atoms with E-state index in [0.29, 0.717) is 5.57 Å². The van der Waals surface area contributed by atoms with Crippen molar-refractivity contribution in [1.29, 1.82) is 0 Å². The second-order valence-corrected chi connectivity index (χ2v) is 3.41. The fraction of sp³-hybridized carbons (Fsp3) is 0.222. The molecule has 58 valence electrons. The van der Waals surface area contributed by atoms with Crippen LogP contribution in [0.25, 0.3) is 0 Å². The highest BCUT2D eigenvalue weighted by molar-refractivity contribution is 7.10. The molecule has 1 unspecified atom stereocenters. The highest BCUT2D eigenvalue weighted by Gasteiger charge is 2.08. The summed E-state index contributed by atoms with van der Waals surface area (Å²) in [5.74, 6) is 0.174. The van der Waals surface area contributed by atoms with Gasteiger partial charge in [0.05, 0.1) is 0 Å². The zero-order chi connectivity index (χ0) is 8.27. The molecule has 0 fully saturated rings. The van der Waals surface area contributed by atoms with E-state index in [-0.39, 0.29) is 5.92 Å². The summed E-state index contributed by atoms with van der Waals surface area (Å²) in [6.07, 6.45) is 0.824. The first-order chi connectivity index (χ1) is 5.25. The molecular weight excluding hydrogens is 156 g/mol. The molecule has 0 aliphatic heterocycles. The van der Waals surface area contributed by atoms with Crippen molar-refractivity contribution >= 4 is 17.6 Å². The van der Waals surface area contributed by atoms with E-state index in [1.165, 1.54) is 4.88 Å². The van der Waals surface area contributed by atoms with Gasteiger partial charge in [-0.15, -0.1) is 11.3 Å². The highest BCUT2D eigenvalue weighted by atomic mass is 32.1. The normalized spacial score (nSPS) is 12.5. The smallest absolute Gasteiger partial charge is 0.146 e. The van der Waals surface area contributed by atoms with Crippen LogP contribution in [0.3, 0.4) is 0 Å². The summed E-state index contributed by atoms with van der Waals surface area (Å²) >= 11 is 1.65. The maximum atomic E-state index is 10.3. The van der Waals surface area contributed by atoms with Crippen LogP contribution in [-0.2, 0) is 4.79 Å². The summed E-state index contributed by atoms with van der Waals surface area (Å²) in [4.78, 5) is 11.5. The molecule has 1 aromatic rings. The Morgan fingerprint density at radius 3 is 3.00 bits per heavy atom. The summed E-state index contributed by atoms with van der Waals surface area (Å²) in [6, 6.07) is 4.00. The maximum Gasteiger partial charge on any atom is 0.146 e. The van der Waals surface area contributed by atoms with Gasteiger partial charge in [-0.2, -0.15) is 0 Å².